The van der Waals surface area contributed by atoms with E-state index in [0.717, 1.165) is 18.4 Å². The minimum atomic E-state index is -0.970. The number of carbonyl (C=O) groups is 1. The quantitative estimate of drug-likeness (QED) is 0.747. The summed E-state index contributed by atoms with van der Waals surface area (Å²) in [5, 5.41) is 9.27. The number of rotatable bonds is 2. The zero-order chi connectivity index (χ0) is 10.8. The third-order valence-corrected chi connectivity index (χ3v) is 2.58. The number of Topliss-reactive ketones (excluding diaryl/α,β-unsaturated/α-hetero) is 1. The number of carbonyl (C=O) groups excluding carboxylic acids is 1. The molecule has 1 atom stereocenters. The summed E-state index contributed by atoms with van der Waals surface area (Å²) in [6.45, 7) is 2.13. The SMILES string of the molecule is CC(O)C(=O)c1cccc2c1OCCC2. The molecule has 1 aliphatic rings. The summed E-state index contributed by atoms with van der Waals surface area (Å²) in [5.74, 6) is 0.392. The Morgan fingerprint density at radius 3 is 3.07 bits per heavy atom. The Morgan fingerprint density at radius 2 is 2.33 bits per heavy atom. The molecule has 3 nitrogen and oxygen atoms in total. The Bertz CT molecular complexity index is 382. The van der Waals surface area contributed by atoms with Crippen LogP contribution in [0.1, 0.15) is 29.3 Å². The standard InChI is InChI=1S/C12H14O3/c1-8(13)11(14)10-6-2-4-9-5-3-7-15-12(9)10/h2,4,6,8,13H,3,5,7H2,1H3. The minimum absolute atomic E-state index is 0.270. The largest absolute Gasteiger partial charge is 0.493 e. The van der Waals surface area contributed by atoms with Crippen LogP contribution in [0.3, 0.4) is 0 Å². The summed E-state index contributed by atoms with van der Waals surface area (Å²) >= 11 is 0. The van der Waals surface area contributed by atoms with Crippen LogP contribution in [0, 0.1) is 0 Å². The van der Waals surface area contributed by atoms with Gasteiger partial charge in [-0.3, -0.25) is 4.79 Å². The van der Waals surface area contributed by atoms with Crippen LogP contribution < -0.4 is 4.74 Å². The number of ether oxygens (including phenoxy) is 1. The summed E-state index contributed by atoms with van der Waals surface area (Å²) in [6.07, 6.45) is 0.956. The minimum Gasteiger partial charge on any atom is -0.493 e. The highest BCUT2D eigenvalue weighted by Crippen LogP contribution is 2.29. The van der Waals surface area contributed by atoms with Gasteiger partial charge in [0.1, 0.15) is 11.9 Å². The van der Waals surface area contributed by atoms with Crippen molar-refractivity contribution in [2.45, 2.75) is 25.9 Å². The van der Waals surface area contributed by atoms with Gasteiger partial charge in [0.25, 0.3) is 0 Å². The Kier molecular flexibility index (Phi) is 2.73. The van der Waals surface area contributed by atoms with Gasteiger partial charge in [-0.05, 0) is 31.4 Å². The maximum atomic E-state index is 11.7. The van der Waals surface area contributed by atoms with Crippen molar-refractivity contribution in [3.05, 3.63) is 29.3 Å². The van der Waals surface area contributed by atoms with E-state index in [1.165, 1.54) is 6.92 Å². The first-order valence-electron chi connectivity index (χ1n) is 5.17. The van der Waals surface area contributed by atoms with Crippen LogP contribution in [0.5, 0.6) is 5.75 Å². The molecule has 80 valence electrons. The van der Waals surface area contributed by atoms with Crippen molar-refractivity contribution < 1.29 is 14.6 Å². The number of fused-ring (bicyclic) bond motifs is 1. The van der Waals surface area contributed by atoms with E-state index < -0.39 is 6.10 Å². The first-order chi connectivity index (χ1) is 7.20. The summed E-state index contributed by atoms with van der Waals surface area (Å²) in [7, 11) is 0. The number of aliphatic hydroxyl groups excluding tert-OH is 1. The van der Waals surface area contributed by atoms with E-state index in [1.54, 1.807) is 6.07 Å². The average molecular weight is 206 g/mol. The molecular weight excluding hydrogens is 192 g/mol. The molecule has 15 heavy (non-hydrogen) atoms. The lowest BCUT2D eigenvalue weighted by molar-refractivity contribution is 0.0774. The van der Waals surface area contributed by atoms with Gasteiger partial charge in [0.2, 0.25) is 0 Å². The van der Waals surface area contributed by atoms with Gasteiger partial charge in [-0.15, -0.1) is 0 Å². The number of aryl methyl sites for hydroxylation is 1. The lowest BCUT2D eigenvalue weighted by atomic mass is 9.98. The fraction of sp³-hybridized carbons (Fsp3) is 0.417. The third-order valence-electron chi connectivity index (χ3n) is 2.58. The Morgan fingerprint density at radius 1 is 1.53 bits per heavy atom. The predicted octanol–water partition coefficient (Wildman–Crippen LogP) is 1.58. The topological polar surface area (TPSA) is 46.5 Å². The van der Waals surface area contributed by atoms with E-state index >= 15 is 0 Å². The van der Waals surface area contributed by atoms with Crippen LogP contribution in [0.4, 0.5) is 0 Å². The molecule has 1 unspecified atom stereocenters. The molecule has 0 spiro atoms. The van der Waals surface area contributed by atoms with E-state index in [0.29, 0.717) is 17.9 Å². The highest BCUT2D eigenvalue weighted by Gasteiger charge is 2.21. The van der Waals surface area contributed by atoms with Gasteiger partial charge in [0.05, 0.1) is 12.2 Å². The average Bonchev–Trinajstić information content (AvgIpc) is 2.27. The zero-order valence-corrected chi connectivity index (χ0v) is 8.69. The van der Waals surface area contributed by atoms with Gasteiger partial charge in [0, 0.05) is 0 Å². The second-order valence-corrected chi connectivity index (χ2v) is 3.79. The summed E-state index contributed by atoms with van der Waals surface area (Å²) in [6, 6.07) is 5.51. The van der Waals surface area contributed by atoms with Crippen molar-refractivity contribution in [3.8, 4) is 5.75 Å². The van der Waals surface area contributed by atoms with Crippen LogP contribution >= 0.6 is 0 Å². The van der Waals surface area contributed by atoms with Crippen LogP contribution in [0.2, 0.25) is 0 Å². The molecule has 1 N–H and O–H groups in total. The van der Waals surface area contributed by atoms with Gasteiger partial charge in [-0.25, -0.2) is 0 Å². The molecule has 0 bridgehead atoms. The van der Waals surface area contributed by atoms with Crippen molar-refractivity contribution in [2.24, 2.45) is 0 Å². The second-order valence-electron chi connectivity index (χ2n) is 3.79. The van der Waals surface area contributed by atoms with Gasteiger partial charge >= 0.3 is 0 Å². The maximum Gasteiger partial charge on any atom is 0.194 e. The number of hydrogen-bond donors (Lipinski definition) is 1. The van der Waals surface area contributed by atoms with E-state index in [4.69, 9.17) is 4.74 Å². The monoisotopic (exact) mass is 206 g/mol. The number of ketones is 1. The first-order valence-corrected chi connectivity index (χ1v) is 5.17. The molecule has 0 aliphatic carbocycles. The van der Waals surface area contributed by atoms with Crippen LogP contribution in [0.25, 0.3) is 0 Å². The Hall–Kier alpha value is -1.35. The van der Waals surface area contributed by atoms with E-state index in [9.17, 15) is 9.90 Å². The maximum absolute atomic E-state index is 11.7. The van der Waals surface area contributed by atoms with Crippen molar-refractivity contribution in [3.63, 3.8) is 0 Å². The number of benzene rings is 1. The smallest absolute Gasteiger partial charge is 0.194 e. The predicted molar refractivity (Wildman–Crippen MR) is 56.3 cm³/mol. The number of hydrogen-bond acceptors (Lipinski definition) is 3. The Balaban J connectivity index is 2.43. The van der Waals surface area contributed by atoms with Crippen molar-refractivity contribution in [1.82, 2.24) is 0 Å². The van der Waals surface area contributed by atoms with Crippen molar-refractivity contribution in [2.75, 3.05) is 6.61 Å². The zero-order valence-electron chi connectivity index (χ0n) is 8.69. The summed E-state index contributed by atoms with van der Waals surface area (Å²) in [4.78, 5) is 11.7. The van der Waals surface area contributed by atoms with E-state index in [1.807, 2.05) is 12.1 Å². The fourth-order valence-corrected chi connectivity index (χ4v) is 1.81. The van der Waals surface area contributed by atoms with Crippen molar-refractivity contribution >= 4 is 5.78 Å². The lowest BCUT2D eigenvalue weighted by Gasteiger charge is -2.20. The van der Waals surface area contributed by atoms with Crippen molar-refractivity contribution in [1.29, 1.82) is 0 Å². The second kappa shape index (κ2) is 4.03. The molecule has 3 heteroatoms. The molecule has 0 radical (unpaired) electrons. The van der Waals surface area contributed by atoms with Gasteiger partial charge in [-0.1, -0.05) is 12.1 Å². The van der Waals surface area contributed by atoms with E-state index in [-0.39, 0.29) is 5.78 Å². The first kappa shape index (κ1) is 10.2. The van der Waals surface area contributed by atoms with E-state index in [2.05, 4.69) is 0 Å². The van der Waals surface area contributed by atoms with Crippen LogP contribution in [-0.4, -0.2) is 23.6 Å². The fourth-order valence-electron chi connectivity index (χ4n) is 1.81. The molecule has 2 rings (SSSR count). The molecule has 0 fully saturated rings. The highest BCUT2D eigenvalue weighted by atomic mass is 16.5. The van der Waals surface area contributed by atoms with Crippen LogP contribution in [0.15, 0.2) is 18.2 Å². The lowest BCUT2D eigenvalue weighted by Crippen LogP contribution is -2.19. The molecule has 1 heterocycles. The van der Waals surface area contributed by atoms with Crippen LogP contribution in [-0.2, 0) is 6.42 Å². The molecule has 0 saturated carbocycles. The normalized spacial score (nSPS) is 16.4. The molecule has 1 aliphatic heterocycles. The Labute approximate surface area is 88.7 Å². The van der Waals surface area contributed by atoms with Gasteiger partial charge < -0.3 is 9.84 Å². The molecule has 0 saturated heterocycles. The summed E-state index contributed by atoms with van der Waals surface area (Å²) in [5.41, 5.74) is 1.56. The molecule has 0 amide bonds. The molecule has 0 aromatic heterocycles. The summed E-state index contributed by atoms with van der Waals surface area (Å²) < 4.78 is 5.49. The molecule has 1 aromatic rings. The van der Waals surface area contributed by atoms with Gasteiger partial charge in [-0.2, -0.15) is 0 Å². The molecule has 1 aromatic carbocycles. The highest BCUT2D eigenvalue weighted by molar-refractivity contribution is 6.01. The number of aliphatic hydroxyl groups is 1. The third kappa shape index (κ3) is 1.88. The van der Waals surface area contributed by atoms with Gasteiger partial charge in [0.15, 0.2) is 5.78 Å². The number of para-hydroxylation sites is 1. The molecular formula is C12H14O3.